The van der Waals surface area contributed by atoms with E-state index in [0.29, 0.717) is 30.5 Å². The van der Waals surface area contributed by atoms with Gasteiger partial charge in [-0.15, -0.1) is 0 Å². The Hall–Kier alpha value is -1.51. The van der Waals surface area contributed by atoms with Crippen molar-refractivity contribution in [2.45, 2.75) is 0 Å². The number of aromatic nitrogens is 1. The lowest BCUT2D eigenvalue weighted by atomic mass is 10.3. The summed E-state index contributed by atoms with van der Waals surface area (Å²) in [6, 6.07) is 14.5. The Morgan fingerprint density at radius 2 is 1.71 bits per heavy atom. The number of nitrogens with two attached hydrogens (primary N) is 1. The first-order chi connectivity index (χ1) is 11.6. The molecule has 0 saturated carbocycles. The molecule has 3 aromatic rings. The standard InChI is InChI=1S/C15H10Cl2N4S3/c16-9-5-1-3-7-11(9)19-13(18)21(14-20-15(22)24-23-14)12-8-4-2-6-10(12)17/h1-8H,(H2,18,19). The third-order valence-electron chi connectivity index (χ3n) is 2.98. The lowest BCUT2D eigenvalue weighted by Crippen LogP contribution is -2.33. The number of halogens is 2. The summed E-state index contributed by atoms with van der Waals surface area (Å²) in [6.07, 6.45) is 0. The summed E-state index contributed by atoms with van der Waals surface area (Å²) >= 11 is 17.6. The van der Waals surface area contributed by atoms with Gasteiger partial charge in [-0.3, -0.25) is 4.90 Å². The minimum absolute atomic E-state index is 0.202. The maximum atomic E-state index is 6.33. The van der Waals surface area contributed by atoms with Crippen LogP contribution in [0.2, 0.25) is 10.0 Å². The van der Waals surface area contributed by atoms with Crippen molar-refractivity contribution in [2.75, 3.05) is 4.90 Å². The summed E-state index contributed by atoms with van der Waals surface area (Å²) in [5, 5.41) is 1.64. The molecule has 1 heterocycles. The van der Waals surface area contributed by atoms with Crippen molar-refractivity contribution in [1.82, 2.24) is 4.98 Å². The molecule has 2 aromatic carbocycles. The van der Waals surface area contributed by atoms with Crippen LogP contribution in [0.4, 0.5) is 16.5 Å². The Morgan fingerprint density at radius 3 is 2.33 bits per heavy atom. The molecule has 122 valence electrons. The van der Waals surface area contributed by atoms with Crippen LogP contribution in [0.3, 0.4) is 0 Å². The summed E-state index contributed by atoms with van der Waals surface area (Å²) < 4.78 is 0.526. The number of guanidine groups is 1. The van der Waals surface area contributed by atoms with Gasteiger partial charge < -0.3 is 5.73 Å². The fraction of sp³-hybridized carbons (Fsp3) is 0. The summed E-state index contributed by atoms with van der Waals surface area (Å²) in [4.78, 5) is 10.4. The van der Waals surface area contributed by atoms with Gasteiger partial charge in [0, 0.05) is 0 Å². The van der Waals surface area contributed by atoms with Gasteiger partial charge in [-0.05, 0) is 57.2 Å². The van der Waals surface area contributed by atoms with Gasteiger partial charge in [0.1, 0.15) is 0 Å². The minimum Gasteiger partial charge on any atom is -0.369 e. The fourth-order valence-corrected chi connectivity index (χ4v) is 4.40. The maximum Gasteiger partial charge on any atom is 0.209 e. The van der Waals surface area contributed by atoms with E-state index in [2.05, 4.69) is 9.98 Å². The number of rotatable bonds is 3. The molecule has 0 aliphatic heterocycles. The number of nitrogens with zero attached hydrogens (tertiary/aromatic N) is 3. The average molecular weight is 413 g/mol. The number of hydrogen-bond acceptors (Lipinski definition) is 5. The van der Waals surface area contributed by atoms with Crippen LogP contribution in [0.5, 0.6) is 0 Å². The van der Waals surface area contributed by atoms with E-state index in [1.807, 2.05) is 30.3 Å². The lowest BCUT2D eigenvalue weighted by molar-refractivity contribution is 1.23. The zero-order valence-electron chi connectivity index (χ0n) is 12.0. The summed E-state index contributed by atoms with van der Waals surface area (Å²) in [5.41, 5.74) is 7.49. The second-order valence-corrected chi connectivity index (χ2v) is 8.08. The largest absolute Gasteiger partial charge is 0.369 e. The Morgan fingerprint density at radius 1 is 1.04 bits per heavy atom. The minimum atomic E-state index is 0.202. The van der Waals surface area contributed by atoms with Crippen molar-refractivity contribution in [3.63, 3.8) is 0 Å². The van der Waals surface area contributed by atoms with Crippen LogP contribution in [-0.2, 0) is 0 Å². The molecule has 9 heteroatoms. The lowest BCUT2D eigenvalue weighted by Gasteiger charge is -2.21. The molecule has 0 bridgehead atoms. The van der Waals surface area contributed by atoms with Crippen molar-refractivity contribution in [3.05, 3.63) is 62.5 Å². The highest BCUT2D eigenvalue weighted by atomic mass is 35.5. The van der Waals surface area contributed by atoms with E-state index in [9.17, 15) is 0 Å². The second-order valence-electron chi connectivity index (χ2n) is 4.54. The quantitative estimate of drug-likeness (QED) is 0.247. The maximum absolute atomic E-state index is 6.33. The molecule has 0 aliphatic carbocycles. The predicted molar refractivity (Wildman–Crippen MR) is 107 cm³/mol. The Labute approximate surface area is 161 Å². The van der Waals surface area contributed by atoms with Crippen LogP contribution >= 0.6 is 56.1 Å². The van der Waals surface area contributed by atoms with Crippen LogP contribution in [0.15, 0.2) is 53.5 Å². The zero-order valence-corrected chi connectivity index (χ0v) is 16.0. The van der Waals surface area contributed by atoms with E-state index < -0.39 is 0 Å². The molecule has 0 unspecified atom stereocenters. The van der Waals surface area contributed by atoms with Gasteiger partial charge in [-0.1, -0.05) is 47.5 Å². The first-order valence-electron chi connectivity index (χ1n) is 6.67. The summed E-state index contributed by atoms with van der Waals surface area (Å²) in [6.45, 7) is 0. The number of para-hydroxylation sites is 2. The SMILES string of the molecule is NC(=Nc1ccccc1Cl)N(c1nc(=S)ss1)c1ccccc1Cl. The van der Waals surface area contributed by atoms with E-state index >= 15 is 0 Å². The molecule has 4 nitrogen and oxygen atoms in total. The Bertz CT molecular complexity index is 951. The van der Waals surface area contributed by atoms with E-state index in [1.165, 1.54) is 20.7 Å². The normalized spacial score (nSPS) is 11.5. The highest BCUT2D eigenvalue weighted by Gasteiger charge is 2.20. The van der Waals surface area contributed by atoms with Crippen molar-refractivity contribution < 1.29 is 0 Å². The summed E-state index contributed by atoms with van der Waals surface area (Å²) in [7, 11) is 2.79. The van der Waals surface area contributed by atoms with Gasteiger partial charge in [0.25, 0.3) is 0 Å². The number of anilines is 2. The van der Waals surface area contributed by atoms with E-state index in [-0.39, 0.29) is 5.96 Å². The topological polar surface area (TPSA) is 54.5 Å². The highest BCUT2D eigenvalue weighted by molar-refractivity contribution is 7.80. The fourth-order valence-electron chi connectivity index (χ4n) is 1.95. The molecular weight excluding hydrogens is 403 g/mol. The molecule has 0 saturated heterocycles. The molecule has 0 amide bonds. The summed E-state index contributed by atoms with van der Waals surface area (Å²) in [5.74, 6) is 0.202. The van der Waals surface area contributed by atoms with Crippen molar-refractivity contribution in [3.8, 4) is 0 Å². The average Bonchev–Trinajstić information content (AvgIpc) is 2.98. The Kier molecular flexibility index (Phi) is 5.47. The van der Waals surface area contributed by atoms with E-state index in [1.54, 1.807) is 23.1 Å². The molecule has 0 atom stereocenters. The van der Waals surface area contributed by atoms with Gasteiger partial charge in [-0.25, -0.2) is 4.99 Å². The number of aliphatic imine (C=N–C) groups is 1. The monoisotopic (exact) mass is 412 g/mol. The number of hydrogen-bond donors (Lipinski definition) is 1. The predicted octanol–water partition coefficient (Wildman–Crippen LogP) is 6.03. The first kappa shape index (κ1) is 17.3. The Balaban J connectivity index is 2.13. The van der Waals surface area contributed by atoms with Crippen LogP contribution in [0, 0.1) is 3.95 Å². The first-order valence-corrected chi connectivity index (χ1v) is 9.98. The third kappa shape index (κ3) is 3.76. The molecule has 0 spiro atoms. The molecule has 0 fully saturated rings. The van der Waals surface area contributed by atoms with E-state index in [0.717, 1.165) is 0 Å². The number of benzene rings is 2. The third-order valence-corrected chi connectivity index (χ3v) is 6.18. The van der Waals surface area contributed by atoms with Gasteiger partial charge >= 0.3 is 0 Å². The van der Waals surface area contributed by atoms with Crippen molar-refractivity contribution in [2.24, 2.45) is 10.7 Å². The van der Waals surface area contributed by atoms with Crippen LogP contribution in [0.25, 0.3) is 0 Å². The van der Waals surface area contributed by atoms with Gasteiger partial charge in [-0.2, -0.15) is 4.98 Å². The van der Waals surface area contributed by atoms with Gasteiger partial charge in [0.2, 0.25) is 11.1 Å². The van der Waals surface area contributed by atoms with Crippen LogP contribution in [0.1, 0.15) is 0 Å². The molecule has 0 radical (unpaired) electrons. The molecule has 3 rings (SSSR count). The molecule has 0 aliphatic rings. The zero-order chi connectivity index (χ0) is 17.1. The molecule has 2 N–H and O–H groups in total. The van der Waals surface area contributed by atoms with Gasteiger partial charge in [0.05, 0.1) is 21.4 Å². The van der Waals surface area contributed by atoms with Gasteiger partial charge in [0.15, 0.2) is 3.95 Å². The second kappa shape index (κ2) is 7.58. The van der Waals surface area contributed by atoms with Crippen molar-refractivity contribution >= 4 is 78.6 Å². The van der Waals surface area contributed by atoms with Crippen LogP contribution < -0.4 is 10.6 Å². The van der Waals surface area contributed by atoms with Crippen molar-refractivity contribution in [1.29, 1.82) is 0 Å². The molecule has 1 aromatic heterocycles. The molecule has 24 heavy (non-hydrogen) atoms. The van der Waals surface area contributed by atoms with E-state index in [4.69, 9.17) is 41.2 Å². The van der Waals surface area contributed by atoms with Crippen LogP contribution in [-0.4, -0.2) is 10.9 Å². The smallest absolute Gasteiger partial charge is 0.209 e. The molecular formula is C15H10Cl2N4S3. The highest BCUT2D eigenvalue weighted by Crippen LogP contribution is 2.35.